The summed E-state index contributed by atoms with van der Waals surface area (Å²) < 4.78 is 5.75. The molecule has 4 rings (SSSR count). The molecule has 4 unspecified atom stereocenters. The van der Waals surface area contributed by atoms with Gasteiger partial charge in [-0.2, -0.15) is 0 Å². The number of ketones is 1. The molecule has 6 heteroatoms. The Morgan fingerprint density at radius 3 is 2.36 bits per heavy atom. The molecule has 6 nitrogen and oxygen atoms in total. The number of rotatable bonds is 9. The fourth-order valence-corrected chi connectivity index (χ4v) is 9.53. The number of hydrogen-bond acceptors (Lipinski definition) is 6. The Morgan fingerprint density at radius 2 is 1.74 bits per heavy atom. The van der Waals surface area contributed by atoms with Crippen LogP contribution in [-0.2, 0) is 14.3 Å². The molecule has 3 fully saturated rings. The SMILES string of the molecule is CC(C)C(=O)O[C@H]1CC[C@@]2(C)C(=CC(=O)C3C4[C@H](O)CC([C@H](C)CC[C@H](CCO)C(C)C)[C@@]4(C)C[C@@H](O)C32)C1. The van der Waals surface area contributed by atoms with Crippen LogP contribution in [0.2, 0.25) is 0 Å². The molecule has 0 aromatic rings. The van der Waals surface area contributed by atoms with Gasteiger partial charge in [0.05, 0.1) is 18.1 Å². The van der Waals surface area contributed by atoms with Gasteiger partial charge < -0.3 is 20.1 Å². The third-order valence-electron chi connectivity index (χ3n) is 11.8. The lowest BCUT2D eigenvalue weighted by Gasteiger charge is -2.59. The number of carbonyl (C=O) groups is 2. The highest BCUT2D eigenvalue weighted by atomic mass is 16.5. The predicted octanol–water partition coefficient (Wildman–Crippen LogP) is 5.32. The summed E-state index contributed by atoms with van der Waals surface area (Å²) in [5, 5.41) is 32.8. The Balaban J connectivity index is 1.56. The van der Waals surface area contributed by atoms with Gasteiger partial charge in [0.2, 0.25) is 0 Å². The quantitative estimate of drug-likeness (QED) is 0.338. The van der Waals surface area contributed by atoms with Crippen molar-refractivity contribution in [2.75, 3.05) is 6.61 Å². The molecule has 0 saturated heterocycles. The maximum atomic E-state index is 13.8. The number of allylic oxidation sites excluding steroid dienone is 1. The zero-order chi connectivity index (χ0) is 28.9. The number of aliphatic hydroxyl groups is 3. The molecular formula is C33H54O6. The highest BCUT2D eigenvalue weighted by Gasteiger charge is 2.66. The van der Waals surface area contributed by atoms with Crippen LogP contribution in [0, 0.1) is 58.2 Å². The lowest BCUT2D eigenvalue weighted by Crippen LogP contribution is -2.60. The molecular weight excluding hydrogens is 492 g/mol. The maximum Gasteiger partial charge on any atom is 0.308 e. The monoisotopic (exact) mass is 546 g/mol. The Hall–Kier alpha value is -1.24. The van der Waals surface area contributed by atoms with E-state index in [1.165, 1.54) is 0 Å². The number of carbonyl (C=O) groups excluding carboxylic acids is 2. The summed E-state index contributed by atoms with van der Waals surface area (Å²) in [6.45, 7) is 15.0. The lowest BCUT2D eigenvalue weighted by molar-refractivity contribution is -0.165. The highest BCUT2D eigenvalue weighted by Crippen LogP contribution is 2.66. The molecule has 3 N–H and O–H groups in total. The second-order valence-corrected chi connectivity index (χ2v) is 14.8. The standard InChI is InChI=1S/C33H54O6/c1-18(2)21(11-13-34)9-8-20(5)24-16-26(36)29-28-25(35)15-22-14-23(39-31(38)19(3)4)10-12-32(22,6)30(28)27(37)17-33(24,29)7/h15,18-21,23-24,26-30,34,36-37H,8-14,16-17H2,1-7H3/t20-,21-,23+,24?,26-,27-,28?,29?,30?,32+,33-/m1/s1. The van der Waals surface area contributed by atoms with Crippen LogP contribution in [0.4, 0.5) is 0 Å². The number of ether oxygens (including phenoxy) is 1. The van der Waals surface area contributed by atoms with Crippen molar-refractivity contribution in [2.24, 2.45) is 58.2 Å². The molecule has 0 radical (unpaired) electrons. The summed E-state index contributed by atoms with van der Waals surface area (Å²) >= 11 is 0. The van der Waals surface area contributed by atoms with Crippen LogP contribution in [0.15, 0.2) is 11.6 Å². The first-order valence-electron chi connectivity index (χ1n) is 15.7. The van der Waals surface area contributed by atoms with E-state index in [2.05, 4.69) is 34.6 Å². The molecule has 3 saturated carbocycles. The normalized spacial score (nSPS) is 41.5. The molecule has 4 aliphatic rings. The average Bonchev–Trinajstić information content (AvgIpc) is 3.11. The van der Waals surface area contributed by atoms with E-state index in [9.17, 15) is 24.9 Å². The second-order valence-electron chi connectivity index (χ2n) is 14.8. The van der Waals surface area contributed by atoms with E-state index in [1.54, 1.807) is 6.08 Å². The van der Waals surface area contributed by atoms with Gasteiger partial charge in [-0.25, -0.2) is 0 Å². The molecule has 0 heterocycles. The van der Waals surface area contributed by atoms with Crippen molar-refractivity contribution in [3.63, 3.8) is 0 Å². The first-order valence-corrected chi connectivity index (χ1v) is 15.7. The Labute approximate surface area is 236 Å². The maximum absolute atomic E-state index is 13.8. The van der Waals surface area contributed by atoms with Gasteiger partial charge in [-0.15, -0.1) is 0 Å². The van der Waals surface area contributed by atoms with E-state index < -0.39 is 12.2 Å². The van der Waals surface area contributed by atoms with Gasteiger partial charge in [0.15, 0.2) is 5.78 Å². The number of esters is 1. The highest BCUT2D eigenvalue weighted by molar-refractivity contribution is 5.95. The predicted molar refractivity (Wildman–Crippen MR) is 152 cm³/mol. The van der Waals surface area contributed by atoms with Gasteiger partial charge in [0.25, 0.3) is 0 Å². The third kappa shape index (κ3) is 5.51. The van der Waals surface area contributed by atoms with Gasteiger partial charge >= 0.3 is 5.97 Å². The first kappa shape index (κ1) is 30.7. The minimum absolute atomic E-state index is 0.0356. The number of hydrogen-bond donors (Lipinski definition) is 3. The molecule has 0 aliphatic heterocycles. The van der Waals surface area contributed by atoms with Gasteiger partial charge in [-0.3, -0.25) is 9.59 Å². The first-order chi connectivity index (χ1) is 18.2. The zero-order valence-electron chi connectivity index (χ0n) is 25.4. The van der Waals surface area contributed by atoms with Crippen molar-refractivity contribution < 1.29 is 29.6 Å². The molecule has 0 amide bonds. The topological polar surface area (TPSA) is 104 Å². The van der Waals surface area contributed by atoms with Crippen LogP contribution in [0.25, 0.3) is 0 Å². The summed E-state index contributed by atoms with van der Waals surface area (Å²) in [5.41, 5.74) is 0.369. The number of aliphatic hydroxyl groups excluding tert-OH is 3. The second kappa shape index (κ2) is 11.6. The Kier molecular flexibility index (Phi) is 9.11. The van der Waals surface area contributed by atoms with Gasteiger partial charge in [-0.05, 0) is 79.1 Å². The van der Waals surface area contributed by atoms with E-state index in [0.29, 0.717) is 37.0 Å². The third-order valence-corrected chi connectivity index (χ3v) is 11.8. The fraction of sp³-hybridized carbons (Fsp3) is 0.879. The van der Waals surface area contributed by atoms with E-state index in [-0.39, 0.29) is 64.9 Å². The van der Waals surface area contributed by atoms with Crippen LogP contribution in [-0.4, -0.2) is 52.0 Å². The van der Waals surface area contributed by atoms with E-state index in [1.807, 2.05) is 13.8 Å². The van der Waals surface area contributed by atoms with Crippen LogP contribution >= 0.6 is 0 Å². The minimum Gasteiger partial charge on any atom is -0.462 e. The number of fused-ring (bicyclic) bond motifs is 5. The van der Waals surface area contributed by atoms with Crippen LogP contribution in [0.5, 0.6) is 0 Å². The van der Waals surface area contributed by atoms with Gasteiger partial charge in [-0.1, -0.05) is 60.5 Å². The summed E-state index contributed by atoms with van der Waals surface area (Å²) in [4.78, 5) is 26.1. The van der Waals surface area contributed by atoms with E-state index >= 15 is 0 Å². The molecule has 4 aliphatic carbocycles. The minimum atomic E-state index is -0.610. The van der Waals surface area contributed by atoms with Crippen molar-refractivity contribution in [3.05, 3.63) is 11.6 Å². The van der Waals surface area contributed by atoms with Crippen LogP contribution in [0.1, 0.15) is 99.8 Å². The van der Waals surface area contributed by atoms with Crippen molar-refractivity contribution in [1.29, 1.82) is 0 Å². The Bertz CT molecular complexity index is 940. The summed E-state index contributed by atoms with van der Waals surface area (Å²) in [7, 11) is 0. The smallest absolute Gasteiger partial charge is 0.308 e. The molecule has 0 bridgehead atoms. The average molecular weight is 547 g/mol. The molecule has 222 valence electrons. The molecule has 0 spiro atoms. The van der Waals surface area contributed by atoms with Crippen molar-refractivity contribution in [1.82, 2.24) is 0 Å². The van der Waals surface area contributed by atoms with Crippen LogP contribution in [0.3, 0.4) is 0 Å². The summed E-state index contributed by atoms with van der Waals surface area (Å²) in [6.07, 6.45) is 6.63. The van der Waals surface area contributed by atoms with E-state index in [4.69, 9.17) is 4.74 Å². The van der Waals surface area contributed by atoms with Crippen molar-refractivity contribution in [3.8, 4) is 0 Å². The Morgan fingerprint density at radius 1 is 1.05 bits per heavy atom. The van der Waals surface area contributed by atoms with Gasteiger partial charge in [0.1, 0.15) is 6.10 Å². The fourth-order valence-electron chi connectivity index (χ4n) is 9.53. The van der Waals surface area contributed by atoms with Crippen molar-refractivity contribution in [2.45, 2.75) is 118 Å². The molecule has 39 heavy (non-hydrogen) atoms. The summed E-state index contributed by atoms with van der Waals surface area (Å²) in [5.74, 6) is 0.490. The lowest BCUT2D eigenvalue weighted by atomic mass is 9.45. The van der Waals surface area contributed by atoms with Gasteiger partial charge in [0, 0.05) is 30.8 Å². The molecule has 11 atom stereocenters. The van der Waals surface area contributed by atoms with E-state index in [0.717, 1.165) is 37.7 Å². The zero-order valence-corrected chi connectivity index (χ0v) is 25.4. The van der Waals surface area contributed by atoms with Crippen LogP contribution < -0.4 is 0 Å². The molecule has 0 aromatic heterocycles. The van der Waals surface area contributed by atoms with Crippen molar-refractivity contribution >= 4 is 11.8 Å². The largest absolute Gasteiger partial charge is 0.462 e. The molecule has 0 aromatic carbocycles. The summed E-state index contributed by atoms with van der Waals surface area (Å²) in [6, 6.07) is 0.